The lowest BCUT2D eigenvalue weighted by Gasteiger charge is -2.29. The second-order valence-corrected chi connectivity index (χ2v) is 18.3. The number of carbonyl (C=O) groups is 2. The fourth-order valence-corrected chi connectivity index (χ4v) is 12.2. The monoisotopic (exact) mass is 712 g/mol. The summed E-state index contributed by atoms with van der Waals surface area (Å²) in [6.07, 6.45) is 7.93. The third-order valence-electron chi connectivity index (χ3n) is 15.7. The number of esters is 2. The Bertz CT molecular complexity index is 1920. The second-order valence-electron chi connectivity index (χ2n) is 18.3. The molecule has 12 rings (SSSR count). The highest BCUT2D eigenvalue weighted by molar-refractivity contribution is 5.90. The largest absolute Gasteiger partial charge is 0.490 e. The number of rotatable bonds is 11. The summed E-state index contributed by atoms with van der Waals surface area (Å²) in [4.78, 5) is 26.3. The third kappa shape index (κ3) is 5.05. The Morgan fingerprint density at radius 2 is 1.23 bits per heavy atom. The molecule has 3 aromatic rings. The van der Waals surface area contributed by atoms with E-state index in [0.717, 1.165) is 75.6 Å². The summed E-state index contributed by atoms with van der Waals surface area (Å²) in [5, 5.41) is 0. The van der Waals surface area contributed by atoms with Crippen LogP contribution in [0.2, 0.25) is 0 Å². The SMILES string of the molecule is CC1C2C1C21C2C(Oc3ccc(-c4ccc(C(=O)O[C@@H]5CO[C@@H]6[C@H]5OC[C@@H]6OC(=O)c5ccc(C6CCC(CCC7C8CC78)CC6)cc5)cc4)cc3)C21. The van der Waals surface area contributed by atoms with Crippen LogP contribution in [-0.2, 0) is 18.9 Å². The van der Waals surface area contributed by atoms with E-state index in [9.17, 15) is 9.59 Å². The molecule has 7 saturated carbocycles. The van der Waals surface area contributed by atoms with Crippen LogP contribution in [0, 0.1) is 58.7 Å². The van der Waals surface area contributed by atoms with E-state index in [-0.39, 0.29) is 19.2 Å². The van der Waals surface area contributed by atoms with Crippen LogP contribution in [0.1, 0.15) is 84.1 Å². The van der Waals surface area contributed by atoms with Gasteiger partial charge < -0.3 is 23.7 Å². The van der Waals surface area contributed by atoms with Gasteiger partial charge in [0.2, 0.25) is 0 Å². The van der Waals surface area contributed by atoms with Gasteiger partial charge in [-0.2, -0.15) is 0 Å². The number of hydrogen-bond donors (Lipinski definition) is 0. The van der Waals surface area contributed by atoms with Gasteiger partial charge in [-0.05, 0) is 144 Å². The first-order valence-corrected chi connectivity index (χ1v) is 20.6. The lowest BCUT2D eigenvalue weighted by Crippen LogP contribution is -2.36. The van der Waals surface area contributed by atoms with Gasteiger partial charge in [-0.1, -0.05) is 49.7 Å². The zero-order chi connectivity index (χ0) is 35.2. The van der Waals surface area contributed by atoms with Gasteiger partial charge in [-0.25, -0.2) is 9.59 Å². The first-order valence-electron chi connectivity index (χ1n) is 20.6. The van der Waals surface area contributed by atoms with E-state index in [1.54, 1.807) is 12.1 Å². The van der Waals surface area contributed by atoms with Crippen molar-refractivity contribution in [3.63, 3.8) is 0 Å². The lowest BCUT2D eigenvalue weighted by atomic mass is 9.76. The lowest BCUT2D eigenvalue weighted by molar-refractivity contribution is -0.0287. The molecule has 7 heteroatoms. The molecule has 274 valence electrons. The minimum Gasteiger partial charge on any atom is -0.490 e. The molecule has 10 atom stereocenters. The topological polar surface area (TPSA) is 80.3 Å². The standard InChI is InChI=1S/C46H48O7/c1-23-37-38(23)46(37)39-40(46)43(39)51-31-17-15-28(16-18-31)27-9-13-30(14-10-27)45(48)53-36-22-50-41-35(21-49-42(36)41)52-44(47)29-11-7-26(8-12-29)25-5-2-24(3-6-25)4-19-32-33-20-34(32)33/h7-18,23-25,32-43H,2-6,19-22H2,1H3/t23?,24?,25?,32?,33?,34?,35-,36+,37?,38?,39?,40?,41-,42-,43?,46?/m0/s1. The Hall–Kier alpha value is -3.68. The summed E-state index contributed by atoms with van der Waals surface area (Å²) >= 11 is 0. The van der Waals surface area contributed by atoms with Crippen LogP contribution in [0.25, 0.3) is 11.1 Å². The number of hydrogen-bond acceptors (Lipinski definition) is 7. The fraction of sp³-hybridized carbons (Fsp3) is 0.565. The van der Waals surface area contributed by atoms with E-state index in [1.807, 2.05) is 24.3 Å². The molecule has 3 aromatic carbocycles. The summed E-state index contributed by atoms with van der Waals surface area (Å²) in [5.74, 6) is 9.67. The molecule has 2 aliphatic heterocycles. The number of fused-ring (bicyclic) bond motifs is 8. The molecule has 2 heterocycles. The molecule has 0 amide bonds. The van der Waals surface area contributed by atoms with Gasteiger partial charge in [0.1, 0.15) is 24.1 Å². The van der Waals surface area contributed by atoms with Crippen LogP contribution in [-0.4, -0.2) is 55.7 Å². The summed E-state index contributed by atoms with van der Waals surface area (Å²) in [5.41, 5.74) is 5.16. The highest BCUT2D eigenvalue weighted by atomic mass is 16.7. The molecule has 7 nitrogen and oxygen atoms in total. The van der Waals surface area contributed by atoms with Crippen LogP contribution < -0.4 is 4.74 Å². The Balaban J connectivity index is 0.601. The summed E-state index contributed by atoms with van der Waals surface area (Å²) in [6.45, 7) is 2.80. The van der Waals surface area contributed by atoms with Gasteiger partial charge >= 0.3 is 11.9 Å². The highest BCUT2D eigenvalue weighted by Gasteiger charge is 3.05. The normalized spacial score (nSPS) is 43.8. The first-order chi connectivity index (χ1) is 26.0. The molecule has 2 saturated heterocycles. The summed E-state index contributed by atoms with van der Waals surface area (Å²) in [7, 11) is 0. The van der Waals surface area contributed by atoms with Crippen LogP contribution in [0.5, 0.6) is 5.75 Å². The van der Waals surface area contributed by atoms with Crippen LogP contribution >= 0.6 is 0 Å². The molecule has 0 aromatic heterocycles. The molecular weight excluding hydrogens is 664 g/mol. The van der Waals surface area contributed by atoms with Crippen molar-refractivity contribution in [3.8, 4) is 16.9 Å². The Morgan fingerprint density at radius 3 is 1.75 bits per heavy atom. The van der Waals surface area contributed by atoms with Crippen molar-refractivity contribution in [2.24, 2.45) is 58.7 Å². The molecule has 7 aliphatic carbocycles. The Labute approximate surface area is 311 Å². The number of ether oxygens (including phenoxy) is 5. The van der Waals surface area contributed by atoms with Crippen LogP contribution in [0.3, 0.4) is 0 Å². The van der Waals surface area contributed by atoms with Crippen molar-refractivity contribution in [1.82, 2.24) is 0 Å². The molecule has 0 radical (unpaired) electrons. The smallest absolute Gasteiger partial charge is 0.338 e. The van der Waals surface area contributed by atoms with E-state index in [1.165, 1.54) is 50.5 Å². The first kappa shape index (κ1) is 31.6. The van der Waals surface area contributed by atoms with Gasteiger partial charge in [0.25, 0.3) is 0 Å². The maximum atomic E-state index is 13.1. The van der Waals surface area contributed by atoms with Gasteiger partial charge in [0.05, 0.1) is 24.3 Å². The van der Waals surface area contributed by atoms with Crippen LogP contribution in [0.15, 0.2) is 72.8 Å². The molecule has 53 heavy (non-hydrogen) atoms. The molecular formula is C46H48O7. The molecule has 0 bridgehead atoms. The number of benzene rings is 3. The number of carbonyl (C=O) groups excluding carboxylic acids is 2. The zero-order valence-electron chi connectivity index (χ0n) is 30.3. The van der Waals surface area contributed by atoms with E-state index in [4.69, 9.17) is 23.7 Å². The Morgan fingerprint density at radius 1 is 0.679 bits per heavy atom. The van der Waals surface area contributed by atoms with E-state index in [2.05, 4.69) is 43.3 Å². The second kappa shape index (κ2) is 11.4. The molecule has 9 fully saturated rings. The van der Waals surface area contributed by atoms with E-state index >= 15 is 0 Å². The van der Waals surface area contributed by atoms with E-state index < -0.39 is 30.4 Å². The maximum absolute atomic E-state index is 13.1. The van der Waals surface area contributed by atoms with Crippen molar-refractivity contribution in [2.45, 2.75) is 88.3 Å². The van der Waals surface area contributed by atoms with Gasteiger partial charge in [0, 0.05) is 11.8 Å². The zero-order valence-corrected chi connectivity index (χ0v) is 30.3. The third-order valence-corrected chi connectivity index (χ3v) is 15.7. The van der Waals surface area contributed by atoms with Crippen molar-refractivity contribution in [3.05, 3.63) is 89.5 Å². The predicted octanol–water partition coefficient (Wildman–Crippen LogP) is 8.11. The van der Waals surface area contributed by atoms with Gasteiger partial charge in [0.15, 0.2) is 12.2 Å². The molecule has 1 spiro atoms. The summed E-state index contributed by atoms with van der Waals surface area (Å²) < 4.78 is 30.0. The molecule has 6 unspecified atom stereocenters. The summed E-state index contributed by atoms with van der Waals surface area (Å²) in [6, 6.07) is 23.7. The Kier molecular flexibility index (Phi) is 6.82. The minimum absolute atomic E-state index is 0.198. The highest BCUT2D eigenvalue weighted by Crippen LogP contribution is 3.04. The van der Waals surface area contributed by atoms with Crippen molar-refractivity contribution in [1.29, 1.82) is 0 Å². The van der Waals surface area contributed by atoms with Gasteiger partial charge in [-0.15, -0.1) is 0 Å². The average molecular weight is 713 g/mol. The maximum Gasteiger partial charge on any atom is 0.338 e. The predicted molar refractivity (Wildman–Crippen MR) is 195 cm³/mol. The van der Waals surface area contributed by atoms with Crippen molar-refractivity contribution < 1.29 is 33.3 Å². The van der Waals surface area contributed by atoms with Crippen molar-refractivity contribution >= 4 is 11.9 Å². The molecule has 0 N–H and O–H groups in total. The van der Waals surface area contributed by atoms with E-state index in [0.29, 0.717) is 23.1 Å². The fourth-order valence-electron chi connectivity index (χ4n) is 12.2. The van der Waals surface area contributed by atoms with Crippen molar-refractivity contribution in [2.75, 3.05) is 13.2 Å². The van der Waals surface area contributed by atoms with Gasteiger partial charge in [-0.3, -0.25) is 0 Å². The van der Waals surface area contributed by atoms with Crippen LogP contribution in [0.4, 0.5) is 0 Å². The quantitative estimate of drug-likeness (QED) is 0.186. The minimum atomic E-state index is -0.571. The average Bonchev–Trinajstić information content (AvgIpc) is 3.91. The molecule has 9 aliphatic rings.